The molecule has 0 aliphatic heterocycles. The number of benzene rings is 1. The quantitative estimate of drug-likeness (QED) is 0.796. The average molecular weight is 328 g/mol. The number of hydrogen-bond acceptors (Lipinski definition) is 4. The lowest BCUT2D eigenvalue weighted by Gasteiger charge is -2.05. The predicted octanol–water partition coefficient (Wildman–Crippen LogP) is 3.54. The van der Waals surface area contributed by atoms with Crippen LogP contribution in [0.3, 0.4) is 0 Å². The van der Waals surface area contributed by atoms with Crippen molar-refractivity contribution >= 4 is 17.4 Å². The summed E-state index contributed by atoms with van der Waals surface area (Å²) in [5.41, 5.74) is 0.809. The zero-order valence-electron chi connectivity index (χ0n) is 11.9. The molecule has 0 spiro atoms. The summed E-state index contributed by atoms with van der Waals surface area (Å²) in [6, 6.07) is 11.5. The average Bonchev–Trinajstić information content (AvgIpc) is 3.03. The SMILES string of the molecule is N#Cc1cc(CNc2ccn(-c3ncccc3Cl)n2)ccc1F. The first-order valence-corrected chi connectivity index (χ1v) is 7.14. The van der Waals surface area contributed by atoms with Gasteiger partial charge in [-0.25, -0.2) is 14.1 Å². The minimum atomic E-state index is -0.523. The van der Waals surface area contributed by atoms with Crippen LogP contribution >= 0.6 is 11.6 Å². The van der Waals surface area contributed by atoms with Gasteiger partial charge in [-0.1, -0.05) is 17.7 Å². The molecule has 0 aliphatic rings. The van der Waals surface area contributed by atoms with Crippen LogP contribution < -0.4 is 5.32 Å². The third-order valence-corrected chi connectivity index (χ3v) is 3.47. The van der Waals surface area contributed by atoms with E-state index in [0.29, 0.717) is 23.2 Å². The van der Waals surface area contributed by atoms with E-state index in [4.69, 9.17) is 16.9 Å². The lowest BCUT2D eigenvalue weighted by atomic mass is 10.1. The van der Waals surface area contributed by atoms with Gasteiger partial charge in [-0.2, -0.15) is 5.26 Å². The second-order valence-corrected chi connectivity index (χ2v) is 5.14. The number of nitriles is 1. The number of pyridine rings is 1. The van der Waals surface area contributed by atoms with Crippen LogP contribution in [0.4, 0.5) is 10.2 Å². The van der Waals surface area contributed by atoms with Crippen molar-refractivity contribution in [3.05, 3.63) is 70.8 Å². The summed E-state index contributed by atoms with van der Waals surface area (Å²) in [6.07, 6.45) is 3.37. The molecule has 0 aliphatic carbocycles. The highest BCUT2D eigenvalue weighted by Gasteiger charge is 2.07. The lowest BCUT2D eigenvalue weighted by Crippen LogP contribution is -2.03. The highest BCUT2D eigenvalue weighted by molar-refractivity contribution is 6.32. The summed E-state index contributed by atoms with van der Waals surface area (Å²) in [4.78, 5) is 4.18. The number of hydrogen-bond donors (Lipinski definition) is 1. The molecule has 0 saturated carbocycles. The fourth-order valence-corrected chi connectivity index (χ4v) is 2.25. The minimum Gasteiger partial charge on any atom is -0.365 e. The molecule has 0 bridgehead atoms. The molecule has 0 unspecified atom stereocenters. The van der Waals surface area contributed by atoms with Crippen LogP contribution in [-0.4, -0.2) is 14.8 Å². The summed E-state index contributed by atoms with van der Waals surface area (Å²) >= 11 is 6.08. The van der Waals surface area contributed by atoms with Crippen LogP contribution in [0.2, 0.25) is 5.02 Å². The Balaban J connectivity index is 1.73. The van der Waals surface area contributed by atoms with Crippen molar-refractivity contribution in [2.24, 2.45) is 0 Å². The number of nitrogens with zero attached hydrogens (tertiary/aromatic N) is 4. The fraction of sp³-hybridized carbons (Fsp3) is 0.0625. The molecule has 0 amide bonds. The van der Waals surface area contributed by atoms with Crippen molar-refractivity contribution in [3.8, 4) is 11.9 Å². The number of halogens is 2. The standard InChI is InChI=1S/C16H11ClFN5/c17-13-2-1-6-20-16(13)23-7-5-15(22-23)21-10-11-3-4-14(18)12(8-11)9-19/h1-8H,10H2,(H,21,22). The van der Waals surface area contributed by atoms with Crippen LogP contribution in [0.1, 0.15) is 11.1 Å². The molecule has 2 heterocycles. The number of rotatable bonds is 4. The van der Waals surface area contributed by atoms with E-state index in [1.54, 1.807) is 41.3 Å². The van der Waals surface area contributed by atoms with Gasteiger partial charge in [-0.15, -0.1) is 5.10 Å². The highest BCUT2D eigenvalue weighted by atomic mass is 35.5. The maximum Gasteiger partial charge on any atom is 0.172 e. The van der Waals surface area contributed by atoms with Gasteiger partial charge in [-0.3, -0.25) is 0 Å². The second kappa shape index (κ2) is 6.46. The first-order chi connectivity index (χ1) is 11.2. The van der Waals surface area contributed by atoms with E-state index in [2.05, 4.69) is 15.4 Å². The van der Waals surface area contributed by atoms with Gasteiger partial charge in [0.1, 0.15) is 17.7 Å². The molecule has 3 aromatic rings. The third-order valence-electron chi connectivity index (χ3n) is 3.17. The zero-order chi connectivity index (χ0) is 16.2. The topological polar surface area (TPSA) is 66.5 Å². The van der Waals surface area contributed by atoms with E-state index in [-0.39, 0.29) is 5.56 Å². The molecule has 23 heavy (non-hydrogen) atoms. The largest absolute Gasteiger partial charge is 0.365 e. The van der Waals surface area contributed by atoms with Gasteiger partial charge in [-0.05, 0) is 29.8 Å². The molecular formula is C16H11ClFN5. The van der Waals surface area contributed by atoms with Gasteiger partial charge < -0.3 is 5.32 Å². The molecule has 0 saturated heterocycles. The Labute approximate surface area is 137 Å². The molecule has 3 rings (SSSR count). The van der Waals surface area contributed by atoms with Gasteiger partial charge in [0.05, 0.1) is 10.6 Å². The van der Waals surface area contributed by atoms with Crippen molar-refractivity contribution in [2.45, 2.75) is 6.54 Å². The maximum absolute atomic E-state index is 13.3. The van der Waals surface area contributed by atoms with E-state index >= 15 is 0 Å². The van der Waals surface area contributed by atoms with Gasteiger partial charge in [0.25, 0.3) is 0 Å². The Morgan fingerprint density at radius 1 is 1.30 bits per heavy atom. The zero-order valence-corrected chi connectivity index (χ0v) is 12.6. The molecule has 2 aromatic heterocycles. The van der Waals surface area contributed by atoms with Crippen LogP contribution in [0, 0.1) is 17.1 Å². The first-order valence-electron chi connectivity index (χ1n) is 6.76. The lowest BCUT2D eigenvalue weighted by molar-refractivity contribution is 0.623. The van der Waals surface area contributed by atoms with E-state index in [1.807, 2.05) is 6.07 Å². The van der Waals surface area contributed by atoms with E-state index < -0.39 is 5.82 Å². The van der Waals surface area contributed by atoms with Gasteiger partial charge >= 0.3 is 0 Å². The Morgan fingerprint density at radius 3 is 2.96 bits per heavy atom. The third kappa shape index (κ3) is 3.30. The maximum atomic E-state index is 13.3. The molecule has 7 heteroatoms. The van der Waals surface area contributed by atoms with Gasteiger partial charge in [0.2, 0.25) is 0 Å². The first kappa shape index (κ1) is 15.0. The van der Waals surface area contributed by atoms with Crippen LogP contribution in [0.5, 0.6) is 0 Å². The molecule has 0 radical (unpaired) electrons. The molecule has 1 N–H and O–H groups in total. The normalized spacial score (nSPS) is 10.3. The van der Waals surface area contributed by atoms with Crippen molar-refractivity contribution < 1.29 is 4.39 Å². The van der Waals surface area contributed by atoms with Crippen LogP contribution in [0.15, 0.2) is 48.8 Å². The van der Waals surface area contributed by atoms with Crippen LogP contribution in [-0.2, 0) is 6.54 Å². The van der Waals surface area contributed by atoms with Crippen molar-refractivity contribution in [3.63, 3.8) is 0 Å². The summed E-state index contributed by atoms with van der Waals surface area (Å²) < 4.78 is 14.8. The summed E-state index contributed by atoms with van der Waals surface area (Å²) in [5, 5.41) is 16.8. The summed E-state index contributed by atoms with van der Waals surface area (Å²) in [5.74, 6) is 0.635. The Hall–Kier alpha value is -2.91. The molecule has 114 valence electrons. The monoisotopic (exact) mass is 327 g/mol. The Morgan fingerprint density at radius 2 is 2.17 bits per heavy atom. The Bertz CT molecular complexity index is 884. The van der Waals surface area contributed by atoms with Crippen molar-refractivity contribution in [2.75, 3.05) is 5.32 Å². The summed E-state index contributed by atoms with van der Waals surface area (Å²) in [6.45, 7) is 0.419. The van der Waals surface area contributed by atoms with Crippen LogP contribution in [0.25, 0.3) is 5.82 Å². The van der Waals surface area contributed by atoms with E-state index in [0.717, 1.165) is 5.56 Å². The minimum absolute atomic E-state index is 0.0232. The summed E-state index contributed by atoms with van der Waals surface area (Å²) in [7, 11) is 0. The second-order valence-electron chi connectivity index (χ2n) is 4.73. The molecule has 0 atom stereocenters. The van der Waals surface area contributed by atoms with Gasteiger partial charge in [0, 0.05) is 25.0 Å². The van der Waals surface area contributed by atoms with Gasteiger partial charge in [0.15, 0.2) is 5.82 Å². The molecule has 5 nitrogen and oxygen atoms in total. The van der Waals surface area contributed by atoms with Crippen molar-refractivity contribution in [1.82, 2.24) is 14.8 Å². The molecular weight excluding hydrogens is 317 g/mol. The van der Waals surface area contributed by atoms with E-state index in [1.165, 1.54) is 12.1 Å². The number of anilines is 1. The smallest absolute Gasteiger partial charge is 0.172 e. The van der Waals surface area contributed by atoms with E-state index in [9.17, 15) is 4.39 Å². The Kier molecular flexibility index (Phi) is 4.22. The van der Waals surface area contributed by atoms with Crippen molar-refractivity contribution in [1.29, 1.82) is 5.26 Å². The molecule has 1 aromatic carbocycles. The number of aromatic nitrogens is 3. The highest BCUT2D eigenvalue weighted by Crippen LogP contribution is 2.18. The predicted molar refractivity (Wildman–Crippen MR) is 84.8 cm³/mol. The number of nitrogens with one attached hydrogen (secondary N) is 1. The molecule has 0 fully saturated rings. The fourth-order valence-electron chi connectivity index (χ4n) is 2.04.